The number of ether oxygens (including phenoxy) is 2. The Morgan fingerprint density at radius 2 is 2.05 bits per heavy atom. The molecule has 2 N–H and O–H groups in total. The summed E-state index contributed by atoms with van der Waals surface area (Å²) >= 11 is 0. The topological polar surface area (TPSA) is 113 Å². The number of hydrogen-bond acceptors (Lipinski definition) is 7. The van der Waals surface area contributed by atoms with Crippen LogP contribution in [-0.2, 0) is 0 Å². The number of nitrogens with two attached hydrogens (primary N) is 1. The lowest BCUT2D eigenvalue weighted by molar-refractivity contribution is -0.385. The Bertz CT molecular complexity index is 600. The Labute approximate surface area is 107 Å². The van der Waals surface area contributed by atoms with Crippen molar-refractivity contribution in [1.82, 2.24) is 10.2 Å². The van der Waals surface area contributed by atoms with Crippen molar-refractivity contribution in [3.05, 3.63) is 40.4 Å². The summed E-state index contributed by atoms with van der Waals surface area (Å²) in [7, 11) is 1.45. The third-order valence-corrected chi connectivity index (χ3v) is 2.24. The van der Waals surface area contributed by atoms with Crippen molar-refractivity contribution in [1.29, 1.82) is 0 Å². The zero-order valence-corrected chi connectivity index (χ0v) is 9.94. The molecule has 0 aliphatic carbocycles. The highest BCUT2D eigenvalue weighted by molar-refractivity contribution is 5.51. The molecule has 0 bridgehead atoms. The maximum atomic E-state index is 10.9. The Morgan fingerprint density at radius 3 is 2.63 bits per heavy atom. The molecule has 0 fully saturated rings. The van der Waals surface area contributed by atoms with Gasteiger partial charge in [0.15, 0.2) is 0 Å². The molecular formula is C11H10N4O4. The molecule has 0 atom stereocenters. The lowest BCUT2D eigenvalue weighted by Crippen LogP contribution is -1.98. The second-order valence-electron chi connectivity index (χ2n) is 3.49. The zero-order chi connectivity index (χ0) is 13.8. The van der Waals surface area contributed by atoms with E-state index in [-0.39, 0.29) is 23.1 Å². The Kier molecular flexibility index (Phi) is 3.42. The van der Waals surface area contributed by atoms with Gasteiger partial charge in [0.1, 0.15) is 11.6 Å². The minimum absolute atomic E-state index is 0.0171. The molecule has 0 saturated heterocycles. The average molecular weight is 262 g/mol. The number of benzene rings is 1. The van der Waals surface area contributed by atoms with E-state index in [0.29, 0.717) is 5.75 Å². The van der Waals surface area contributed by atoms with Gasteiger partial charge in [0.25, 0.3) is 0 Å². The van der Waals surface area contributed by atoms with Crippen molar-refractivity contribution in [3.8, 4) is 17.4 Å². The molecule has 1 aromatic carbocycles. The number of hydrogen-bond donors (Lipinski definition) is 1. The number of rotatable bonds is 4. The molecule has 0 amide bonds. The smallest absolute Gasteiger partial charge is 0.311 e. The number of anilines is 1. The summed E-state index contributed by atoms with van der Waals surface area (Å²) < 4.78 is 10.3. The molecule has 0 aliphatic rings. The van der Waals surface area contributed by atoms with E-state index < -0.39 is 4.92 Å². The van der Waals surface area contributed by atoms with Gasteiger partial charge >= 0.3 is 5.69 Å². The number of methoxy groups -OCH3 is 1. The van der Waals surface area contributed by atoms with Crippen LogP contribution in [-0.4, -0.2) is 22.2 Å². The number of nitro benzene ring substituents is 1. The molecule has 1 aromatic heterocycles. The quantitative estimate of drug-likeness (QED) is 0.659. The molecule has 2 rings (SSSR count). The first-order valence-electron chi connectivity index (χ1n) is 5.19. The largest absolute Gasteiger partial charge is 0.497 e. The molecule has 1 heterocycles. The van der Waals surface area contributed by atoms with Crippen LogP contribution in [0, 0.1) is 10.1 Å². The summed E-state index contributed by atoms with van der Waals surface area (Å²) in [5.74, 6) is 0.783. The monoisotopic (exact) mass is 262 g/mol. The minimum atomic E-state index is -0.556. The summed E-state index contributed by atoms with van der Waals surface area (Å²) in [4.78, 5) is 10.3. The van der Waals surface area contributed by atoms with Gasteiger partial charge < -0.3 is 15.2 Å². The highest BCUT2D eigenvalue weighted by Crippen LogP contribution is 2.33. The number of nitrogens with zero attached hydrogens (tertiary/aromatic N) is 3. The van der Waals surface area contributed by atoms with Crippen molar-refractivity contribution in [3.63, 3.8) is 0 Å². The summed E-state index contributed by atoms with van der Waals surface area (Å²) in [6.45, 7) is 0. The lowest BCUT2D eigenvalue weighted by Gasteiger charge is -2.06. The van der Waals surface area contributed by atoms with Crippen molar-refractivity contribution >= 4 is 11.5 Å². The first kappa shape index (κ1) is 12.6. The standard InChI is InChI=1S/C11H10N4O4/c1-18-7-2-3-8(15(16)17)9(6-7)19-11-5-4-10(12)13-14-11/h2-6H,1H3,(H2,12,13). The van der Waals surface area contributed by atoms with Crippen LogP contribution in [0.1, 0.15) is 0 Å². The van der Waals surface area contributed by atoms with Crippen LogP contribution in [0.25, 0.3) is 0 Å². The number of nitrogen functional groups attached to an aromatic ring is 1. The van der Waals surface area contributed by atoms with Gasteiger partial charge in [0, 0.05) is 18.2 Å². The second kappa shape index (κ2) is 5.17. The van der Waals surface area contributed by atoms with Gasteiger partial charge in [0.2, 0.25) is 11.6 Å². The SMILES string of the molecule is COc1ccc([N+](=O)[O-])c(Oc2ccc(N)nn2)c1. The van der Waals surface area contributed by atoms with Gasteiger partial charge in [-0.3, -0.25) is 10.1 Å². The molecule has 98 valence electrons. The van der Waals surface area contributed by atoms with Crippen LogP contribution in [0.2, 0.25) is 0 Å². The van der Waals surface area contributed by atoms with Crippen LogP contribution < -0.4 is 15.2 Å². The van der Waals surface area contributed by atoms with E-state index in [4.69, 9.17) is 15.2 Å². The van der Waals surface area contributed by atoms with Gasteiger partial charge in [0.05, 0.1) is 12.0 Å². The third kappa shape index (κ3) is 2.86. The summed E-state index contributed by atoms with van der Waals surface area (Å²) in [5.41, 5.74) is 5.19. The fourth-order valence-corrected chi connectivity index (χ4v) is 1.35. The van der Waals surface area contributed by atoms with Crippen LogP contribution in [0.3, 0.4) is 0 Å². The van der Waals surface area contributed by atoms with E-state index in [2.05, 4.69) is 10.2 Å². The van der Waals surface area contributed by atoms with Crippen molar-refractivity contribution in [2.75, 3.05) is 12.8 Å². The lowest BCUT2D eigenvalue weighted by atomic mass is 10.3. The maximum Gasteiger partial charge on any atom is 0.311 e. The highest BCUT2D eigenvalue weighted by Gasteiger charge is 2.17. The predicted molar refractivity (Wildman–Crippen MR) is 66.2 cm³/mol. The average Bonchev–Trinajstić information content (AvgIpc) is 2.41. The van der Waals surface area contributed by atoms with E-state index >= 15 is 0 Å². The normalized spacial score (nSPS) is 9.95. The summed E-state index contributed by atoms with van der Waals surface area (Å²) in [5, 5.41) is 18.2. The van der Waals surface area contributed by atoms with E-state index in [1.165, 1.54) is 37.4 Å². The molecule has 19 heavy (non-hydrogen) atoms. The summed E-state index contributed by atoms with van der Waals surface area (Å²) in [6.07, 6.45) is 0. The van der Waals surface area contributed by atoms with E-state index in [9.17, 15) is 10.1 Å². The zero-order valence-electron chi connectivity index (χ0n) is 9.94. The molecule has 8 nitrogen and oxygen atoms in total. The molecule has 8 heteroatoms. The number of nitro groups is 1. The molecule has 2 aromatic rings. The van der Waals surface area contributed by atoms with Crippen LogP contribution in [0.15, 0.2) is 30.3 Å². The first-order valence-corrected chi connectivity index (χ1v) is 5.19. The number of aromatic nitrogens is 2. The van der Waals surface area contributed by atoms with Crippen molar-refractivity contribution in [2.45, 2.75) is 0 Å². The predicted octanol–water partition coefficient (Wildman–Crippen LogP) is 1.77. The molecule has 0 spiro atoms. The Hall–Kier alpha value is -2.90. The van der Waals surface area contributed by atoms with Crippen molar-refractivity contribution < 1.29 is 14.4 Å². The molecule has 0 radical (unpaired) electrons. The second-order valence-corrected chi connectivity index (χ2v) is 3.49. The van der Waals surface area contributed by atoms with Gasteiger partial charge in [-0.1, -0.05) is 0 Å². The molecule has 0 saturated carbocycles. The molecular weight excluding hydrogens is 252 g/mol. The van der Waals surface area contributed by atoms with Crippen LogP contribution in [0.5, 0.6) is 17.4 Å². The fraction of sp³-hybridized carbons (Fsp3) is 0.0909. The van der Waals surface area contributed by atoms with E-state index in [1.54, 1.807) is 0 Å². The minimum Gasteiger partial charge on any atom is -0.497 e. The fourth-order valence-electron chi connectivity index (χ4n) is 1.35. The third-order valence-electron chi connectivity index (χ3n) is 2.24. The highest BCUT2D eigenvalue weighted by atomic mass is 16.6. The Morgan fingerprint density at radius 1 is 1.26 bits per heavy atom. The van der Waals surface area contributed by atoms with E-state index in [0.717, 1.165) is 0 Å². The van der Waals surface area contributed by atoms with Crippen LogP contribution >= 0.6 is 0 Å². The maximum absolute atomic E-state index is 10.9. The molecule has 0 unspecified atom stereocenters. The van der Waals surface area contributed by atoms with Crippen molar-refractivity contribution in [2.24, 2.45) is 0 Å². The first-order chi connectivity index (χ1) is 9.10. The van der Waals surface area contributed by atoms with Gasteiger partial charge in [-0.05, 0) is 12.1 Å². The van der Waals surface area contributed by atoms with Gasteiger partial charge in [-0.15, -0.1) is 10.2 Å². The van der Waals surface area contributed by atoms with Gasteiger partial charge in [-0.25, -0.2) is 0 Å². The van der Waals surface area contributed by atoms with Gasteiger partial charge in [-0.2, -0.15) is 0 Å². The summed E-state index contributed by atoms with van der Waals surface area (Å²) in [6, 6.07) is 7.11. The van der Waals surface area contributed by atoms with Crippen LogP contribution in [0.4, 0.5) is 11.5 Å². The Balaban J connectivity index is 2.36. The van der Waals surface area contributed by atoms with E-state index in [1.807, 2.05) is 0 Å². The molecule has 0 aliphatic heterocycles.